The van der Waals surface area contributed by atoms with E-state index in [1.54, 1.807) is 0 Å². The molecule has 0 aliphatic carbocycles. The molecule has 20 heavy (non-hydrogen) atoms. The highest BCUT2D eigenvalue weighted by atomic mass is 28.3. The maximum absolute atomic E-state index is 10.1. The Morgan fingerprint density at radius 3 is 2.45 bits per heavy atom. The molecule has 1 rings (SSSR count). The molecule has 0 saturated carbocycles. The first-order valence-corrected chi connectivity index (χ1v) is 11.1. The van der Waals surface area contributed by atoms with Crippen LogP contribution in [0.5, 0.6) is 0 Å². The zero-order chi connectivity index (χ0) is 15.0. The lowest BCUT2D eigenvalue weighted by Crippen LogP contribution is -2.23. The number of aliphatic hydroxyl groups is 1. The number of hydrogen-bond acceptors (Lipinski definition) is 2. The van der Waals surface area contributed by atoms with Crippen LogP contribution in [0.2, 0.25) is 25.7 Å². The molecule has 0 aromatic heterocycles. The predicted octanol–water partition coefficient (Wildman–Crippen LogP) is 4.09. The van der Waals surface area contributed by atoms with Crippen molar-refractivity contribution in [3.05, 3.63) is 48.0 Å². The van der Waals surface area contributed by atoms with E-state index in [0.717, 1.165) is 11.6 Å². The van der Waals surface area contributed by atoms with Crippen molar-refractivity contribution in [3.63, 3.8) is 0 Å². The van der Waals surface area contributed by atoms with Crippen molar-refractivity contribution in [2.45, 2.75) is 45.3 Å². The molecule has 0 aliphatic rings. The van der Waals surface area contributed by atoms with Gasteiger partial charge in [-0.05, 0) is 11.6 Å². The fourth-order valence-electron chi connectivity index (χ4n) is 1.79. The molecule has 0 fully saturated rings. The van der Waals surface area contributed by atoms with Gasteiger partial charge in [0, 0.05) is 14.0 Å². The number of ether oxygens (including phenoxy) is 1. The fourth-order valence-corrected chi connectivity index (χ4v) is 2.63. The molecule has 0 unspecified atom stereocenters. The van der Waals surface area contributed by atoms with Gasteiger partial charge in [-0.1, -0.05) is 69.0 Å². The van der Waals surface area contributed by atoms with E-state index in [1.807, 2.05) is 37.3 Å². The summed E-state index contributed by atoms with van der Waals surface area (Å²) in [6.07, 6.45) is 3.91. The van der Waals surface area contributed by atoms with Crippen LogP contribution >= 0.6 is 0 Å². The van der Waals surface area contributed by atoms with E-state index in [1.165, 1.54) is 0 Å². The number of rotatable bonds is 8. The molecule has 0 spiro atoms. The largest absolute Gasteiger partial charge is 0.390 e. The number of benzene rings is 1. The van der Waals surface area contributed by atoms with Crippen LogP contribution in [0.3, 0.4) is 0 Å². The lowest BCUT2D eigenvalue weighted by Gasteiger charge is -2.17. The molecule has 2 atom stereocenters. The molecular formula is C17H28O2Si. The Labute approximate surface area is 124 Å². The minimum absolute atomic E-state index is 0.141. The standard InChI is InChI=1S/C17H28O2Si/c1-15(9-8-12-20(2,3)4)17(18)14-19-13-16-10-6-5-7-11-16/h5-11,15,17-18H,12-14H2,1-4H3/b9-8+/t15-,17+/m0/s1. The van der Waals surface area contributed by atoms with Crippen LogP contribution in [-0.4, -0.2) is 25.9 Å². The van der Waals surface area contributed by atoms with Gasteiger partial charge in [0.05, 0.1) is 19.3 Å². The van der Waals surface area contributed by atoms with Crippen LogP contribution in [0, 0.1) is 5.92 Å². The van der Waals surface area contributed by atoms with Gasteiger partial charge in [-0.15, -0.1) is 0 Å². The highest BCUT2D eigenvalue weighted by Gasteiger charge is 2.13. The third-order valence-corrected chi connectivity index (χ3v) is 4.64. The average Bonchev–Trinajstić information content (AvgIpc) is 2.38. The SMILES string of the molecule is C[C@@H](/C=C/C[Si](C)(C)C)[C@H](O)COCc1ccccc1. The fraction of sp³-hybridized carbons (Fsp3) is 0.529. The summed E-state index contributed by atoms with van der Waals surface area (Å²) >= 11 is 0. The summed E-state index contributed by atoms with van der Waals surface area (Å²) in [5.41, 5.74) is 1.14. The lowest BCUT2D eigenvalue weighted by atomic mass is 10.1. The van der Waals surface area contributed by atoms with Crippen molar-refractivity contribution in [2.75, 3.05) is 6.61 Å². The first kappa shape index (κ1) is 17.1. The highest BCUT2D eigenvalue weighted by molar-refractivity contribution is 6.76. The normalized spacial score (nSPS) is 15.4. The first-order valence-electron chi connectivity index (χ1n) is 7.35. The van der Waals surface area contributed by atoms with Crippen LogP contribution < -0.4 is 0 Å². The van der Waals surface area contributed by atoms with Crippen molar-refractivity contribution in [1.82, 2.24) is 0 Å². The van der Waals surface area contributed by atoms with E-state index in [2.05, 4.69) is 31.8 Å². The van der Waals surface area contributed by atoms with Gasteiger partial charge < -0.3 is 9.84 Å². The minimum Gasteiger partial charge on any atom is -0.390 e. The Bertz CT molecular complexity index is 395. The summed E-state index contributed by atoms with van der Waals surface area (Å²) in [5.74, 6) is 0.141. The Morgan fingerprint density at radius 2 is 1.85 bits per heavy atom. The second-order valence-electron chi connectivity index (χ2n) is 6.62. The molecule has 2 nitrogen and oxygen atoms in total. The molecule has 1 aromatic carbocycles. The summed E-state index contributed by atoms with van der Waals surface area (Å²) in [4.78, 5) is 0. The summed E-state index contributed by atoms with van der Waals surface area (Å²) in [6, 6.07) is 11.2. The zero-order valence-corrected chi connectivity index (χ0v) is 14.2. The van der Waals surface area contributed by atoms with E-state index in [-0.39, 0.29) is 5.92 Å². The third-order valence-electron chi connectivity index (χ3n) is 3.18. The highest BCUT2D eigenvalue weighted by Crippen LogP contribution is 2.12. The van der Waals surface area contributed by atoms with Gasteiger partial charge in [0.1, 0.15) is 0 Å². The number of allylic oxidation sites excluding steroid dienone is 1. The van der Waals surface area contributed by atoms with Gasteiger partial charge in [0.15, 0.2) is 0 Å². The van der Waals surface area contributed by atoms with Crippen LogP contribution in [0.4, 0.5) is 0 Å². The molecule has 0 amide bonds. The lowest BCUT2D eigenvalue weighted by molar-refractivity contribution is 0.0117. The molecular weight excluding hydrogens is 264 g/mol. The smallest absolute Gasteiger partial charge is 0.0833 e. The van der Waals surface area contributed by atoms with Gasteiger partial charge in [-0.25, -0.2) is 0 Å². The Kier molecular flexibility index (Phi) is 7.20. The molecule has 1 N–H and O–H groups in total. The molecule has 0 bridgehead atoms. The van der Waals surface area contributed by atoms with Crippen LogP contribution in [0.25, 0.3) is 0 Å². The predicted molar refractivity (Wildman–Crippen MR) is 88.6 cm³/mol. The van der Waals surface area contributed by atoms with Gasteiger partial charge >= 0.3 is 0 Å². The monoisotopic (exact) mass is 292 g/mol. The van der Waals surface area contributed by atoms with Crippen molar-refractivity contribution in [3.8, 4) is 0 Å². The summed E-state index contributed by atoms with van der Waals surface area (Å²) in [7, 11) is -1.03. The Morgan fingerprint density at radius 1 is 1.20 bits per heavy atom. The van der Waals surface area contributed by atoms with Gasteiger partial charge in [-0.3, -0.25) is 0 Å². The van der Waals surface area contributed by atoms with Crippen molar-refractivity contribution in [2.24, 2.45) is 5.92 Å². The summed E-state index contributed by atoms with van der Waals surface area (Å²) in [5, 5.41) is 10.1. The second-order valence-corrected chi connectivity index (χ2v) is 12.1. The van der Waals surface area contributed by atoms with Gasteiger partial charge in [-0.2, -0.15) is 0 Å². The van der Waals surface area contributed by atoms with Gasteiger partial charge in [0.25, 0.3) is 0 Å². The second kappa shape index (κ2) is 8.40. The molecule has 112 valence electrons. The third kappa shape index (κ3) is 7.63. The number of aliphatic hydroxyl groups excluding tert-OH is 1. The molecule has 0 heterocycles. The van der Waals surface area contributed by atoms with E-state index in [4.69, 9.17) is 4.74 Å². The zero-order valence-electron chi connectivity index (χ0n) is 13.2. The quantitative estimate of drug-likeness (QED) is 0.577. The van der Waals surface area contributed by atoms with Crippen LogP contribution in [-0.2, 0) is 11.3 Å². The van der Waals surface area contributed by atoms with E-state index in [0.29, 0.717) is 13.2 Å². The van der Waals surface area contributed by atoms with E-state index >= 15 is 0 Å². The van der Waals surface area contributed by atoms with Crippen LogP contribution in [0.1, 0.15) is 12.5 Å². The Hall–Kier alpha value is -0.903. The van der Waals surface area contributed by atoms with Gasteiger partial charge in [0.2, 0.25) is 0 Å². The maximum Gasteiger partial charge on any atom is 0.0833 e. The summed E-state index contributed by atoms with van der Waals surface area (Å²) in [6.45, 7) is 10.0. The first-order chi connectivity index (χ1) is 9.38. The molecule has 0 saturated heterocycles. The van der Waals surface area contributed by atoms with E-state index < -0.39 is 14.2 Å². The van der Waals surface area contributed by atoms with Crippen molar-refractivity contribution >= 4 is 8.07 Å². The molecule has 1 aromatic rings. The van der Waals surface area contributed by atoms with Crippen molar-refractivity contribution < 1.29 is 9.84 Å². The maximum atomic E-state index is 10.1. The van der Waals surface area contributed by atoms with Crippen LogP contribution in [0.15, 0.2) is 42.5 Å². The van der Waals surface area contributed by atoms with E-state index in [9.17, 15) is 5.11 Å². The van der Waals surface area contributed by atoms with Crippen molar-refractivity contribution in [1.29, 1.82) is 0 Å². The molecule has 0 aliphatic heterocycles. The molecule has 3 heteroatoms. The minimum atomic E-state index is -1.03. The number of hydrogen-bond donors (Lipinski definition) is 1. The molecule has 0 radical (unpaired) electrons. The topological polar surface area (TPSA) is 29.5 Å². The average molecular weight is 292 g/mol. The summed E-state index contributed by atoms with van der Waals surface area (Å²) < 4.78 is 5.57. The Balaban J connectivity index is 2.26.